The molecule has 0 unspecified atom stereocenters. The van der Waals surface area contributed by atoms with Crippen molar-refractivity contribution in [2.24, 2.45) is 0 Å². The Hall–Kier alpha value is -3.84. The van der Waals surface area contributed by atoms with Crippen LogP contribution in [0.25, 0.3) is 0 Å². The van der Waals surface area contributed by atoms with Gasteiger partial charge in [0.15, 0.2) is 0 Å². The maximum Gasteiger partial charge on any atom is 0.306 e. The van der Waals surface area contributed by atoms with Gasteiger partial charge in [0.1, 0.15) is 24.2 Å². The van der Waals surface area contributed by atoms with Gasteiger partial charge in [-0.05, 0) is 95.6 Å². The molecule has 1 aliphatic heterocycles. The lowest BCUT2D eigenvalue weighted by molar-refractivity contribution is -0.163. The van der Waals surface area contributed by atoms with E-state index in [9.17, 15) is 19.8 Å². The summed E-state index contributed by atoms with van der Waals surface area (Å²) in [4.78, 5) is 27.8. The number of ether oxygens (including phenoxy) is 2. The zero-order valence-electron chi connectivity index (χ0n) is 39.0. The van der Waals surface area contributed by atoms with Crippen LogP contribution in [0.3, 0.4) is 0 Å². The number of phenols is 2. The van der Waals surface area contributed by atoms with E-state index in [2.05, 4.69) is 116 Å². The van der Waals surface area contributed by atoms with Crippen molar-refractivity contribution in [2.75, 3.05) is 13.2 Å². The molecule has 58 heavy (non-hydrogen) atoms. The predicted octanol–water partition coefficient (Wildman–Crippen LogP) is 11.6. The molecule has 1 aliphatic rings. The Morgan fingerprint density at radius 3 is 1.47 bits per heavy atom. The molecule has 1 saturated heterocycles. The first-order valence-corrected chi connectivity index (χ1v) is 21.3. The number of esters is 2. The Morgan fingerprint density at radius 1 is 0.603 bits per heavy atom. The van der Waals surface area contributed by atoms with Crippen molar-refractivity contribution >= 4 is 11.9 Å². The van der Waals surface area contributed by atoms with E-state index >= 15 is 0 Å². The van der Waals surface area contributed by atoms with Crippen molar-refractivity contribution in [3.63, 3.8) is 0 Å². The number of aromatic hydroxyl groups is 2. The lowest BCUT2D eigenvalue weighted by Gasteiger charge is -2.54. The van der Waals surface area contributed by atoms with E-state index in [1.54, 1.807) is 0 Å². The minimum atomic E-state index is -0.233. The first kappa shape index (κ1) is 48.5. The highest BCUT2D eigenvalue weighted by molar-refractivity contribution is 5.70. The molecule has 0 spiro atoms. The van der Waals surface area contributed by atoms with Crippen LogP contribution in [-0.2, 0) is 53.6 Å². The molecule has 7 heteroatoms. The average Bonchev–Trinajstić information content (AvgIpc) is 3.06. The van der Waals surface area contributed by atoms with Crippen LogP contribution in [0.15, 0.2) is 60.7 Å². The molecule has 3 aromatic carbocycles. The number of carbonyl (C=O) groups is 2. The first-order valence-electron chi connectivity index (χ1n) is 21.3. The predicted molar refractivity (Wildman–Crippen MR) is 239 cm³/mol. The molecule has 0 atom stereocenters. The molecule has 0 radical (unpaired) electrons. The van der Waals surface area contributed by atoms with Crippen LogP contribution < -0.4 is 0 Å². The van der Waals surface area contributed by atoms with Crippen molar-refractivity contribution in [1.82, 2.24) is 4.90 Å². The molecular formula is C51H77NO6. The van der Waals surface area contributed by atoms with Gasteiger partial charge < -0.3 is 19.7 Å². The molecule has 1 heterocycles. The molecule has 0 aromatic heterocycles. The van der Waals surface area contributed by atoms with Crippen LogP contribution in [0, 0.1) is 0 Å². The molecule has 0 saturated carbocycles. The van der Waals surface area contributed by atoms with Crippen molar-refractivity contribution in [3.8, 4) is 11.5 Å². The minimum absolute atomic E-state index is 0.00859. The zero-order valence-corrected chi connectivity index (χ0v) is 39.0. The van der Waals surface area contributed by atoms with Gasteiger partial charge in [0.2, 0.25) is 0 Å². The Morgan fingerprint density at radius 2 is 1.02 bits per heavy atom. The lowest BCUT2D eigenvalue weighted by atomic mass is 9.78. The van der Waals surface area contributed by atoms with E-state index in [4.69, 9.17) is 9.47 Å². The normalized spacial score (nSPS) is 16.3. The van der Waals surface area contributed by atoms with E-state index in [1.807, 2.05) is 60.7 Å². The average molecular weight is 800 g/mol. The second-order valence-corrected chi connectivity index (χ2v) is 21.7. The smallest absolute Gasteiger partial charge is 0.306 e. The summed E-state index contributed by atoms with van der Waals surface area (Å²) < 4.78 is 11.7. The number of aryl methyl sites for hydroxylation is 2. The number of nitrogens with zero attached hydrogens (tertiary/aromatic N) is 1. The molecule has 7 nitrogen and oxygen atoms in total. The second-order valence-electron chi connectivity index (χ2n) is 21.7. The van der Waals surface area contributed by atoms with Gasteiger partial charge >= 0.3 is 11.9 Å². The number of likely N-dealkylation sites (tertiary alicyclic amines) is 1. The zero-order chi connectivity index (χ0) is 44.1. The Kier molecular flexibility index (Phi) is 15.6. The molecule has 0 amide bonds. The van der Waals surface area contributed by atoms with Crippen molar-refractivity contribution in [1.29, 1.82) is 0 Å². The molecule has 0 bridgehead atoms. The fraction of sp³-hybridized carbons (Fsp3) is 0.608. The molecule has 322 valence electrons. The van der Waals surface area contributed by atoms with Crippen LogP contribution >= 0.6 is 0 Å². The van der Waals surface area contributed by atoms with Crippen LogP contribution in [0.5, 0.6) is 11.5 Å². The monoisotopic (exact) mass is 800 g/mol. The van der Waals surface area contributed by atoms with E-state index in [1.165, 1.54) is 0 Å². The van der Waals surface area contributed by atoms with Crippen molar-refractivity contribution in [3.05, 3.63) is 94.0 Å². The molecular weight excluding hydrogens is 723 g/mol. The summed E-state index contributed by atoms with van der Waals surface area (Å²) in [6.45, 7) is 34.9. The number of hydrogen-bond acceptors (Lipinski definition) is 7. The third-order valence-electron chi connectivity index (χ3n) is 11.3. The molecule has 0 aliphatic carbocycles. The Labute approximate surface area is 351 Å². The highest BCUT2D eigenvalue weighted by Gasteiger charge is 2.46. The summed E-state index contributed by atoms with van der Waals surface area (Å²) in [7, 11) is 0. The first-order chi connectivity index (χ1) is 26.4. The van der Waals surface area contributed by atoms with E-state index in [0.717, 1.165) is 33.4 Å². The van der Waals surface area contributed by atoms with E-state index in [-0.39, 0.29) is 57.2 Å². The fourth-order valence-electron chi connectivity index (χ4n) is 8.36. The molecule has 1 fully saturated rings. The van der Waals surface area contributed by atoms with Crippen LogP contribution in [-0.4, -0.2) is 57.4 Å². The highest BCUT2D eigenvalue weighted by atomic mass is 16.5. The Bertz CT molecular complexity index is 1740. The van der Waals surface area contributed by atoms with Crippen molar-refractivity contribution < 1.29 is 29.3 Å². The number of para-hydroxylation sites is 1. The van der Waals surface area contributed by atoms with E-state index in [0.29, 0.717) is 56.8 Å². The SMILES string of the molecule is CC(C)(C)c1cc(CCC(=O)OC2CC(C)(C)N(CCOC(=O)CCc3ccccc3)C(C)(C)C2)cc(C(C)(C)C)c1O.CC(C)(C)c1cccc(C(C)(C)C)c1O. The summed E-state index contributed by atoms with van der Waals surface area (Å²) in [5.41, 5.74) is 5.11. The van der Waals surface area contributed by atoms with Gasteiger partial charge in [0, 0.05) is 43.3 Å². The number of carbonyl (C=O) groups excluding carboxylic acids is 2. The topological polar surface area (TPSA) is 96.3 Å². The molecule has 3 aromatic rings. The second kappa shape index (κ2) is 18.6. The molecule has 4 rings (SSSR count). The standard InChI is InChI=1S/C37H55NO5.C14H22O/c1-34(2,3)29-22-27(23-30(33(29)41)35(4,5)6)17-19-32(40)43-28-24-36(7,8)38(37(9,10)25-28)20-21-42-31(39)18-16-26-14-12-11-13-15-26;1-13(2,3)10-8-7-9-11(12(10)15)14(4,5)6/h11-15,22-23,28,41H,16-21,24-25H2,1-10H3;7-9,15H,1-6H3. The lowest BCUT2D eigenvalue weighted by Crippen LogP contribution is -2.63. The summed E-state index contributed by atoms with van der Waals surface area (Å²) in [5, 5.41) is 21.3. The summed E-state index contributed by atoms with van der Waals surface area (Å²) in [6, 6.07) is 20.1. The van der Waals surface area contributed by atoms with E-state index < -0.39 is 0 Å². The molecule has 2 N–H and O–H groups in total. The number of piperidine rings is 1. The van der Waals surface area contributed by atoms with Crippen molar-refractivity contribution in [2.45, 2.75) is 188 Å². The summed E-state index contributed by atoms with van der Waals surface area (Å²) in [5.74, 6) is 0.434. The Balaban J connectivity index is 0.000000502. The van der Waals surface area contributed by atoms with Gasteiger partial charge in [0.25, 0.3) is 0 Å². The number of hydrogen-bond donors (Lipinski definition) is 2. The fourth-order valence-corrected chi connectivity index (χ4v) is 8.36. The van der Waals surface area contributed by atoms with Gasteiger partial charge in [-0.3, -0.25) is 14.5 Å². The maximum atomic E-state index is 13.1. The largest absolute Gasteiger partial charge is 0.507 e. The number of benzene rings is 3. The third-order valence-corrected chi connectivity index (χ3v) is 11.3. The van der Waals surface area contributed by atoms with Gasteiger partial charge in [-0.15, -0.1) is 0 Å². The number of phenolic OH excluding ortho intramolecular Hbond substituents is 2. The quantitative estimate of drug-likeness (QED) is 0.197. The number of rotatable bonds is 10. The van der Waals surface area contributed by atoms with Crippen LogP contribution in [0.4, 0.5) is 0 Å². The van der Waals surface area contributed by atoms with Crippen LogP contribution in [0.2, 0.25) is 0 Å². The van der Waals surface area contributed by atoms with Gasteiger partial charge in [0.05, 0.1) is 0 Å². The highest BCUT2D eigenvalue weighted by Crippen LogP contribution is 2.42. The van der Waals surface area contributed by atoms with Crippen LogP contribution in [0.1, 0.15) is 170 Å². The van der Waals surface area contributed by atoms with Gasteiger partial charge in [-0.25, -0.2) is 0 Å². The van der Waals surface area contributed by atoms with Gasteiger partial charge in [-0.2, -0.15) is 0 Å². The third kappa shape index (κ3) is 13.6. The maximum absolute atomic E-state index is 13.1. The minimum Gasteiger partial charge on any atom is -0.507 e. The van der Waals surface area contributed by atoms with Gasteiger partial charge in [-0.1, -0.05) is 144 Å². The summed E-state index contributed by atoms with van der Waals surface area (Å²) >= 11 is 0. The summed E-state index contributed by atoms with van der Waals surface area (Å²) in [6.07, 6.45) is 3.14.